The highest BCUT2D eigenvalue weighted by atomic mass is 15.2. The minimum atomic E-state index is 0.623. The number of anilines is 2. The van der Waals surface area contributed by atoms with Gasteiger partial charge in [-0.25, -0.2) is 15.0 Å². The monoisotopic (exact) mass is 769 g/mol. The van der Waals surface area contributed by atoms with Crippen molar-refractivity contribution in [1.82, 2.24) is 19.5 Å². The van der Waals surface area contributed by atoms with Crippen LogP contribution in [-0.2, 0) is 0 Å². The maximum absolute atomic E-state index is 5.10. The zero-order valence-corrected chi connectivity index (χ0v) is 33.0. The van der Waals surface area contributed by atoms with Crippen LogP contribution in [0.1, 0.15) is 12.8 Å². The average molecular weight is 770 g/mol. The number of nitrogens with zero attached hydrogens (tertiary/aromatic N) is 5. The van der Waals surface area contributed by atoms with E-state index < -0.39 is 0 Å². The van der Waals surface area contributed by atoms with E-state index in [0.29, 0.717) is 17.5 Å². The molecular formula is C55H39N5. The SMILES string of the molecule is C=C/C(=C\C(=C)C1=CC=CCC1)N1c2cc3c(cc2-c2cccc4cccc1c24)c1cc(-c2nc(-c4ccccc4)nc(-c4ccccc4)n2)ccc1n3-c1ccccc1. The Labute approximate surface area is 349 Å². The summed E-state index contributed by atoms with van der Waals surface area (Å²) in [7, 11) is 0. The molecule has 0 atom stereocenters. The van der Waals surface area contributed by atoms with E-state index in [-0.39, 0.29) is 0 Å². The normalized spacial score (nSPS) is 13.4. The van der Waals surface area contributed by atoms with Gasteiger partial charge in [-0.1, -0.05) is 141 Å². The Hall–Kier alpha value is -7.89. The van der Waals surface area contributed by atoms with Crippen molar-refractivity contribution in [1.29, 1.82) is 0 Å². The maximum atomic E-state index is 5.10. The molecule has 1 aliphatic heterocycles. The Morgan fingerprint density at radius 2 is 1.23 bits per heavy atom. The molecule has 0 saturated carbocycles. The Kier molecular flexibility index (Phi) is 8.52. The van der Waals surface area contributed by atoms with Crippen LogP contribution in [0.2, 0.25) is 0 Å². The van der Waals surface area contributed by atoms with Crippen molar-refractivity contribution in [3.05, 3.63) is 218 Å². The van der Waals surface area contributed by atoms with Gasteiger partial charge in [-0.2, -0.15) is 0 Å². The first-order valence-electron chi connectivity index (χ1n) is 20.4. The fourth-order valence-corrected chi connectivity index (χ4v) is 8.88. The summed E-state index contributed by atoms with van der Waals surface area (Å²) in [5, 5.41) is 4.65. The van der Waals surface area contributed by atoms with E-state index in [2.05, 4.69) is 144 Å². The van der Waals surface area contributed by atoms with Gasteiger partial charge < -0.3 is 9.47 Å². The summed E-state index contributed by atoms with van der Waals surface area (Å²) in [4.78, 5) is 17.5. The smallest absolute Gasteiger partial charge is 0.164 e. The summed E-state index contributed by atoms with van der Waals surface area (Å²) in [6.45, 7) is 8.92. The van der Waals surface area contributed by atoms with Crippen molar-refractivity contribution in [2.45, 2.75) is 12.8 Å². The molecular weight excluding hydrogens is 731 g/mol. The zero-order valence-electron chi connectivity index (χ0n) is 33.0. The van der Waals surface area contributed by atoms with Crippen molar-refractivity contribution in [3.8, 4) is 51.0 Å². The Morgan fingerprint density at radius 1 is 0.583 bits per heavy atom. The first kappa shape index (κ1) is 35.3. The van der Waals surface area contributed by atoms with Crippen molar-refractivity contribution in [3.63, 3.8) is 0 Å². The van der Waals surface area contributed by atoms with Gasteiger partial charge in [0.25, 0.3) is 0 Å². The molecule has 3 heterocycles. The molecule has 2 aliphatic rings. The molecule has 5 heteroatoms. The lowest BCUT2D eigenvalue weighted by Crippen LogP contribution is -2.19. The van der Waals surface area contributed by atoms with E-state index >= 15 is 0 Å². The third kappa shape index (κ3) is 5.90. The molecule has 0 spiro atoms. The third-order valence-corrected chi connectivity index (χ3v) is 11.7. The van der Waals surface area contributed by atoms with Crippen LogP contribution < -0.4 is 4.90 Å². The lowest BCUT2D eigenvalue weighted by atomic mass is 9.89. The van der Waals surface area contributed by atoms with Gasteiger partial charge in [-0.15, -0.1) is 0 Å². The zero-order chi connectivity index (χ0) is 40.2. The summed E-state index contributed by atoms with van der Waals surface area (Å²) in [5.41, 5.74) is 13.8. The van der Waals surface area contributed by atoms with Crippen molar-refractivity contribution < 1.29 is 0 Å². The fourth-order valence-electron chi connectivity index (χ4n) is 8.88. The van der Waals surface area contributed by atoms with Crippen LogP contribution in [0, 0.1) is 0 Å². The minimum Gasteiger partial charge on any atom is -0.309 e. The molecule has 0 radical (unpaired) electrons. The van der Waals surface area contributed by atoms with E-state index in [0.717, 1.165) is 85.2 Å². The number of allylic oxidation sites excluding steroid dienone is 7. The molecule has 2 aromatic heterocycles. The van der Waals surface area contributed by atoms with Crippen LogP contribution in [-0.4, -0.2) is 19.5 Å². The molecule has 0 N–H and O–H groups in total. The number of hydrogen-bond acceptors (Lipinski definition) is 4. The Balaban J connectivity index is 1.18. The summed E-state index contributed by atoms with van der Waals surface area (Å²) >= 11 is 0. The van der Waals surface area contributed by atoms with Crippen molar-refractivity contribution >= 4 is 44.0 Å². The molecule has 0 saturated heterocycles. The topological polar surface area (TPSA) is 46.8 Å². The van der Waals surface area contributed by atoms with E-state index in [9.17, 15) is 0 Å². The number of aromatic nitrogens is 4. The van der Waals surface area contributed by atoms with Gasteiger partial charge in [0.15, 0.2) is 17.5 Å². The van der Waals surface area contributed by atoms with Crippen molar-refractivity contribution in [2.24, 2.45) is 0 Å². The first-order valence-corrected chi connectivity index (χ1v) is 20.4. The maximum Gasteiger partial charge on any atom is 0.164 e. The molecule has 9 aromatic rings. The standard InChI is InChI=1S/C55H39N5/c1-3-42(32-36(2)37-18-8-4-9-19-37)59-49-29-17-25-38-24-16-28-44(52(38)49)46-34-47-45-33-41(30-31-48(45)60(51(47)35-50(46)59)43-26-14-7-15-27-43)55-57-53(39-20-10-5-11-21-39)56-54(58-55)40-22-12-6-13-23-40/h3-8,10-18,20-35H,1-2,9,19H2/b42-32+. The lowest BCUT2D eigenvalue weighted by Gasteiger charge is -2.34. The van der Waals surface area contributed by atoms with Crippen molar-refractivity contribution in [2.75, 3.05) is 4.90 Å². The van der Waals surface area contributed by atoms with Gasteiger partial charge in [0.05, 0.1) is 22.4 Å². The third-order valence-electron chi connectivity index (χ3n) is 11.7. The van der Waals surface area contributed by atoms with Crippen LogP contribution in [0.5, 0.6) is 0 Å². The second-order valence-electron chi connectivity index (χ2n) is 15.3. The molecule has 5 nitrogen and oxygen atoms in total. The van der Waals surface area contributed by atoms with E-state index in [1.54, 1.807) is 0 Å². The summed E-state index contributed by atoms with van der Waals surface area (Å²) in [5.74, 6) is 1.90. The Bertz CT molecular complexity index is 3220. The van der Waals surface area contributed by atoms with Gasteiger partial charge in [0, 0.05) is 49.8 Å². The molecule has 0 amide bonds. The van der Waals surface area contributed by atoms with Crippen LogP contribution in [0.3, 0.4) is 0 Å². The lowest BCUT2D eigenvalue weighted by molar-refractivity contribution is 0.978. The quantitative estimate of drug-likeness (QED) is 0.144. The molecule has 7 aromatic carbocycles. The van der Waals surface area contributed by atoms with E-state index in [4.69, 9.17) is 15.0 Å². The molecule has 11 rings (SSSR count). The molecule has 1 aliphatic carbocycles. The highest BCUT2D eigenvalue weighted by Crippen LogP contribution is 2.52. The van der Waals surface area contributed by atoms with Gasteiger partial charge in [0.1, 0.15) is 0 Å². The second-order valence-corrected chi connectivity index (χ2v) is 15.3. The summed E-state index contributed by atoms with van der Waals surface area (Å²) < 4.78 is 2.38. The molecule has 0 unspecified atom stereocenters. The van der Waals surface area contributed by atoms with Crippen LogP contribution in [0.15, 0.2) is 218 Å². The molecule has 60 heavy (non-hydrogen) atoms. The Morgan fingerprint density at radius 3 is 1.90 bits per heavy atom. The van der Waals surface area contributed by atoms with E-state index in [1.807, 2.05) is 66.7 Å². The number of fused-ring (bicyclic) bond motifs is 5. The predicted octanol–water partition coefficient (Wildman–Crippen LogP) is 14.1. The van der Waals surface area contributed by atoms with Crippen LogP contribution >= 0.6 is 0 Å². The highest BCUT2D eigenvalue weighted by molar-refractivity contribution is 6.18. The average Bonchev–Trinajstić information content (AvgIpc) is 3.64. The molecule has 0 fully saturated rings. The number of benzene rings is 7. The van der Waals surface area contributed by atoms with Gasteiger partial charge in [-0.05, 0) is 95.6 Å². The van der Waals surface area contributed by atoms with Gasteiger partial charge in [0.2, 0.25) is 0 Å². The van der Waals surface area contributed by atoms with Crippen LogP contribution in [0.4, 0.5) is 11.4 Å². The number of hydrogen-bond donors (Lipinski definition) is 0. The second kappa shape index (κ2) is 14.5. The summed E-state index contributed by atoms with van der Waals surface area (Å²) in [6.07, 6.45) is 12.7. The highest BCUT2D eigenvalue weighted by Gasteiger charge is 2.29. The number of para-hydroxylation sites is 1. The fraction of sp³-hybridized carbons (Fsp3) is 0.0364. The van der Waals surface area contributed by atoms with E-state index in [1.165, 1.54) is 21.9 Å². The summed E-state index contributed by atoms with van der Waals surface area (Å²) in [6, 6.07) is 55.4. The van der Waals surface area contributed by atoms with Gasteiger partial charge in [-0.3, -0.25) is 0 Å². The molecule has 0 bridgehead atoms. The number of rotatable bonds is 8. The first-order chi connectivity index (χ1) is 29.6. The minimum absolute atomic E-state index is 0.623. The molecule has 284 valence electrons. The van der Waals surface area contributed by atoms with Gasteiger partial charge >= 0.3 is 0 Å². The van der Waals surface area contributed by atoms with Crippen LogP contribution in [0.25, 0.3) is 83.6 Å². The predicted molar refractivity (Wildman–Crippen MR) is 249 cm³/mol. The largest absolute Gasteiger partial charge is 0.309 e.